The molecule has 0 atom stereocenters. The molecule has 3 aromatic rings. The maximum Gasteiger partial charge on any atom is 0.293 e. The van der Waals surface area contributed by atoms with Crippen LogP contribution in [0.3, 0.4) is 0 Å². The number of halogens is 1. The number of nitrogens with one attached hydrogen (secondary N) is 2. The van der Waals surface area contributed by atoms with Crippen molar-refractivity contribution in [3.63, 3.8) is 0 Å². The van der Waals surface area contributed by atoms with Gasteiger partial charge in [-0.1, -0.05) is 12.1 Å². The fourth-order valence-corrected chi connectivity index (χ4v) is 3.51. The van der Waals surface area contributed by atoms with Crippen LogP contribution in [-0.2, 0) is 0 Å². The molecular formula is C20H16IN3O4S. The van der Waals surface area contributed by atoms with Gasteiger partial charge in [0.2, 0.25) is 0 Å². The number of nitrogens with zero attached hydrogens (tertiary/aromatic N) is 1. The van der Waals surface area contributed by atoms with Crippen molar-refractivity contribution >= 4 is 57.2 Å². The Morgan fingerprint density at radius 3 is 2.59 bits per heavy atom. The van der Waals surface area contributed by atoms with Gasteiger partial charge < -0.3 is 9.73 Å². The number of hydrogen-bond acceptors (Lipinski definition) is 5. The van der Waals surface area contributed by atoms with E-state index in [9.17, 15) is 14.9 Å². The van der Waals surface area contributed by atoms with Gasteiger partial charge in [0, 0.05) is 15.3 Å². The third-order valence-electron chi connectivity index (χ3n) is 4.18. The molecule has 148 valence electrons. The molecule has 0 radical (unpaired) electrons. The number of rotatable bonds is 4. The van der Waals surface area contributed by atoms with E-state index in [0.29, 0.717) is 5.56 Å². The van der Waals surface area contributed by atoms with Gasteiger partial charge in [-0.15, -0.1) is 0 Å². The molecule has 2 N–H and O–H groups in total. The highest BCUT2D eigenvalue weighted by atomic mass is 127. The lowest BCUT2D eigenvalue weighted by molar-refractivity contribution is -0.384. The molecule has 29 heavy (non-hydrogen) atoms. The van der Waals surface area contributed by atoms with Crippen molar-refractivity contribution in [1.29, 1.82) is 0 Å². The Kier molecular flexibility index (Phi) is 6.28. The second-order valence-corrected chi connectivity index (χ2v) is 7.83. The summed E-state index contributed by atoms with van der Waals surface area (Å²) in [6, 6.07) is 13.1. The van der Waals surface area contributed by atoms with Crippen molar-refractivity contribution in [1.82, 2.24) is 5.32 Å². The molecule has 0 unspecified atom stereocenters. The van der Waals surface area contributed by atoms with Crippen molar-refractivity contribution < 1.29 is 14.1 Å². The molecule has 0 spiro atoms. The minimum Gasteiger partial charge on any atom is -0.451 e. The average molecular weight is 521 g/mol. The number of amides is 1. The Morgan fingerprint density at radius 2 is 1.86 bits per heavy atom. The van der Waals surface area contributed by atoms with Gasteiger partial charge in [0.15, 0.2) is 10.9 Å². The van der Waals surface area contributed by atoms with Crippen molar-refractivity contribution in [3.05, 3.63) is 79.1 Å². The number of thiocarbonyl (C=S) groups is 1. The highest BCUT2D eigenvalue weighted by molar-refractivity contribution is 14.1. The molecule has 0 bridgehead atoms. The lowest BCUT2D eigenvalue weighted by Gasteiger charge is -2.13. The molecule has 3 rings (SSSR count). The summed E-state index contributed by atoms with van der Waals surface area (Å²) in [5.41, 5.74) is 3.08. The fourth-order valence-electron chi connectivity index (χ4n) is 2.68. The normalized spacial score (nSPS) is 10.4. The van der Waals surface area contributed by atoms with Gasteiger partial charge >= 0.3 is 0 Å². The van der Waals surface area contributed by atoms with E-state index in [4.69, 9.17) is 16.6 Å². The number of nitro groups is 1. The second kappa shape index (κ2) is 8.70. The molecule has 0 saturated carbocycles. The Morgan fingerprint density at radius 1 is 1.14 bits per heavy atom. The van der Waals surface area contributed by atoms with Crippen LogP contribution in [0, 0.1) is 27.5 Å². The van der Waals surface area contributed by atoms with Gasteiger partial charge in [-0.3, -0.25) is 20.2 Å². The van der Waals surface area contributed by atoms with E-state index < -0.39 is 10.8 Å². The quantitative estimate of drug-likeness (QED) is 0.212. The molecule has 9 heteroatoms. The first-order chi connectivity index (χ1) is 13.8. The third-order valence-corrected chi connectivity index (χ3v) is 5.54. The van der Waals surface area contributed by atoms with E-state index in [0.717, 1.165) is 20.4 Å². The van der Waals surface area contributed by atoms with Crippen molar-refractivity contribution in [2.24, 2.45) is 0 Å². The number of carbonyl (C=O) groups is 1. The first-order valence-corrected chi connectivity index (χ1v) is 9.97. The lowest BCUT2D eigenvalue weighted by Crippen LogP contribution is -2.34. The minimum absolute atomic E-state index is 0.00202. The molecule has 2 aromatic carbocycles. The monoisotopic (exact) mass is 521 g/mol. The SMILES string of the molecule is Cc1cc(NC(=S)NC(=O)c2ccc(-c3ccccc3[N+](=O)[O-])o2)c(C)cc1I. The van der Waals surface area contributed by atoms with E-state index in [1.54, 1.807) is 18.2 Å². The first kappa shape index (κ1) is 20.9. The number of furan rings is 1. The molecule has 1 amide bonds. The summed E-state index contributed by atoms with van der Waals surface area (Å²) in [6.45, 7) is 3.93. The largest absolute Gasteiger partial charge is 0.451 e. The van der Waals surface area contributed by atoms with Crippen LogP contribution in [0.1, 0.15) is 21.7 Å². The molecular weight excluding hydrogens is 505 g/mol. The molecule has 0 fully saturated rings. The lowest BCUT2D eigenvalue weighted by atomic mass is 10.1. The van der Waals surface area contributed by atoms with E-state index in [-0.39, 0.29) is 22.3 Å². The van der Waals surface area contributed by atoms with E-state index in [2.05, 4.69) is 33.2 Å². The molecule has 0 saturated heterocycles. The van der Waals surface area contributed by atoms with Crippen LogP contribution < -0.4 is 10.6 Å². The zero-order valence-corrected chi connectivity index (χ0v) is 18.5. The third kappa shape index (κ3) is 4.80. The van der Waals surface area contributed by atoms with Crippen LogP contribution in [0.4, 0.5) is 11.4 Å². The molecule has 0 aliphatic rings. The smallest absolute Gasteiger partial charge is 0.293 e. The summed E-state index contributed by atoms with van der Waals surface area (Å²) in [4.78, 5) is 23.1. The summed E-state index contributed by atoms with van der Waals surface area (Å²) in [7, 11) is 0. The number of nitro benzene ring substituents is 1. The van der Waals surface area contributed by atoms with Gasteiger partial charge in [0.1, 0.15) is 5.76 Å². The Bertz CT molecular complexity index is 1130. The maximum atomic E-state index is 12.4. The summed E-state index contributed by atoms with van der Waals surface area (Å²) in [5, 5.41) is 16.9. The number of carbonyl (C=O) groups excluding carboxylic acids is 1. The zero-order valence-electron chi connectivity index (χ0n) is 15.5. The van der Waals surface area contributed by atoms with Crippen LogP contribution in [0.2, 0.25) is 0 Å². The summed E-state index contributed by atoms with van der Waals surface area (Å²) in [5.74, 6) is -0.324. The van der Waals surface area contributed by atoms with Gasteiger partial charge in [-0.2, -0.15) is 0 Å². The zero-order chi connectivity index (χ0) is 21.1. The number of para-hydroxylation sites is 1. The molecule has 7 nitrogen and oxygen atoms in total. The van der Waals surface area contributed by atoms with E-state index >= 15 is 0 Å². The van der Waals surface area contributed by atoms with Gasteiger partial charge in [-0.05, 0) is 90.1 Å². The standard InChI is InChI=1S/C20H16IN3O4S/c1-11-10-15(12(2)9-14(11)21)22-20(29)23-19(25)18-8-7-17(28-18)13-5-3-4-6-16(13)24(26)27/h3-10H,1-2H3,(H2,22,23,25,29). The van der Waals surface area contributed by atoms with Crippen LogP contribution in [0.25, 0.3) is 11.3 Å². The first-order valence-electron chi connectivity index (χ1n) is 8.49. The second-order valence-electron chi connectivity index (χ2n) is 6.26. The molecule has 0 aliphatic heterocycles. The Hall–Kier alpha value is -2.79. The number of aryl methyl sites for hydroxylation is 2. The van der Waals surface area contributed by atoms with Crippen LogP contribution in [0.5, 0.6) is 0 Å². The van der Waals surface area contributed by atoms with Crippen LogP contribution in [0.15, 0.2) is 52.9 Å². The summed E-state index contributed by atoms with van der Waals surface area (Å²) < 4.78 is 6.66. The summed E-state index contributed by atoms with van der Waals surface area (Å²) in [6.07, 6.45) is 0. The fraction of sp³-hybridized carbons (Fsp3) is 0.100. The highest BCUT2D eigenvalue weighted by Gasteiger charge is 2.19. The minimum atomic E-state index is -0.549. The topological polar surface area (TPSA) is 97.4 Å². The number of hydrogen-bond donors (Lipinski definition) is 2. The van der Waals surface area contributed by atoms with Gasteiger partial charge in [-0.25, -0.2) is 0 Å². The van der Waals surface area contributed by atoms with Gasteiger partial charge in [0.25, 0.3) is 11.6 Å². The van der Waals surface area contributed by atoms with Crippen molar-refractivity contribution in [2.45, 2.75) is 13.8 Å². The number of benzene rings is 2. The van der Waals surface area contributed by atoms with Gasteiger partial charge in [0.05, 0.1) is 10.5 Å². The average Bonchev–Trinajstić information content (AvgIpc) is 3.16. The predicted molar refractivity (Wildman–Crippen MR) is 123 cm³/mol. The molecule has 1 heterocycles. The number of anilines is 1. The van der Waals surface area contributed by atoms with Crippen molar-refractivity contribution in [3.8, 4) is 11.3 Å². The predicted octanol–water partition coefficient (Wildman–Crippen LogP) is 5.20. The highest BCUT2D eigenvalue weighted by Crippen LogP contribution is 2.30. The van der Waals surface area contributed by atoms with Crippen molar-refractivity contribution in [2.75, 3.05) is 5.32 Å². The maximum absolute atomic E-state index is 12.4. The summed E-state index contributed by atoms with van der Waals surface area (Å²) >= 11 is 7.48. The van der Waals surface area contributed by atoms with Crippen LogP contribution in [-0.4, -0.2) is 15.9 Å². The van der Waals surface area contributed by atoms with Crippen LogP contribution >= 0.6 is 34.8 Å². The molecule has 1 aromatic heterocycles. The Balaban J connectivity index is 1.73. The molecule has 0 aliphatic carbocycles. The Labute approximate surface area is 185 Å². The van der Waals surface area contributed by atoms with E-state index in [1.165, 1.54) is 18.2 Å². The van der Waals surface area contributed by atoms with E-state index in [1.807, 2.05) is 26.0 Å².